The van der Waals surface area contributed by atoms with Gasteiger partial charge in [-0.2, -0.15) is 0 Å². The van der Waals surface area contributed by atoms with Crippen LogP contribution in [0.4, 0.5) is 8.78 Å². The van der Waals surface area contributed by atoms with Crippen LogP contribution in [0.5, 0.6) is 0 Å². The van der Waals surface area contributed by atoms with Crippen molar-refractivity contribution in [2.24, 2.45) is 0 Å². The van der Waals surface area contributed by atoms with E-state index in [-0.39, 0.29) is 6.04 Å². The van der Waals surface area contributed by atoms with E-state index in [1.165, 1.54) is 21.9 Å². The molecule has 1 aromatic heterocycles. The lowest BCUT2D eigenvalue weighted by molar-refractivity contribution is 0.567. The molecule has 1 nitrogen and oxygen atoms in total. The van der Waals surface area contributed by atoms with Gasteiger partial charge in [0.2, 0.25) is 0 Å². The lowest BCUT2D eigenvalue weighted by Crippen LogP contribution is -2.20. The molecule has 0 spiro atoms. The molecule has 2 rings (SSSR count). The first-order chi connectivity index (χ1) is 9.04. The predicted octanol–water partition coefficient (Wildman–Crippen LogP) is 4.23. The highest BCUT2D eigenvalue weighted by molar-refractivity contribution is 7.12. The molecule has 1 atom stereocenters. The van der Waals surface area contributed by atoms with Crippen molar-refractivity contribution in [2.75, 3.05) is 6.54 Å². The molecule has 19 heavy (non-hydrogen) atoms. The van der Waals surface area contributed by atoms with E-state index in [0.29, 0.717) is 18.5 Å². The SMILES string of the molecule is Cc1ccc(C(C)NCCc2cc(F)cc(F)c2)s1. The van der Waals surface area contributed by atoms with Gasteiger partial charge < -0.3 is 5.32 Å². The van der Waals surface area contributed by atoms with Gasteiger partial charge in [0.15, 0.2) is 0 Å². The van der Waals surface area contributed by atoms with Gasteiger partial charge in [-0.05, 0) is 56.6 Å². The van der Waals surface area contributed by atoms with Crippen molar-refractivity contribution in [3.63, 3.8) is 0 Å². The van der Waals surface area contributed by atoms with Gasteiger partial charge in [0.1, 0.15) is 11.6 Å². The van der Waals surface area contributed by atoms with Crippen LogP contribution in [-0.2, 0) is 6.42 Å². The number of nitrogens with one attached hydrogen (secondary N) is 1. The first-order valence-electron chi connectivity index (χ1n) is 6.29. The first-order valence-corrected chi connectivity index (χ1v) is 7.11. The van der Waals surface area contributed by atoms with Crippen LogP contribution in [-0.4, -0.2) is 6.54 Å². The maximum Gasteiger partial charge on any atom is 0.126 e. The number of thiophene rings is 1. The monoisotopic (exact) mass is 281 g/mol. The number of hydrogen-bond donors (Lipinski definition) is 1. The van der Waals surface area contributed by atoms with Gasteiger partial charge in [-0.3, -0.25) is 0 Å². The third-order valence-electron chi connectivity index (χ3n) is 2.97. The molecule has 102 valence electrons. The average molecular weight is 281 g/mol. The van der Waals surface area contributed by atoms with E-state index in [9.17, 15) is 8.78 Å². The highest BCUT2D eigenvalue weighted by Crippen LogP contribution is 2.22. The maximum absolute atomic E-state index is 13.0. The smallest absolute Gasteiger partial charge is 0.126 e. The van der Waals surface area contributed by atoms with Crippen LogP contribution in [0.3, 0.4) is 0 Å². The second-order valence-corrected chi connectivity index (χ2v) is 5.97. The average Bonchev–Trinajstić information content (AvgIpc) is 2.74. The van der Waals surface area contributed by atoms with Crippen molar-refractivity contribution in [1.82, 2.24) is 5.32 Å². The summed E-state index contributed by atoms with van der Waals surface area (Å²) in [5.74, 6) is -1.03. The van der Waals surface area contributed by atoms with Crippen LogP contribution in [0.2, 0.25) is 0 Å². The number of hydrogen-bond acceptors (Lipinski definition) is 2. The lowest BCUT2D eigenvalue weighted by Gasteiger charge is -2.12. The molecule has 0 saturated heterocycles. The summed E-state index contributed by atoms with van der Waals surface area (Å²) < 4.78 is 26.0. The Kier molecular flexibility index (Phi) is 4.66. The minimum absolute atomic E-state index is 0.261. The van der Waals surface area contributed by atoms with Crippen molar-refractivity contribution >= 4 is 11.3 Å². The van der Waals surface area contributed by atoms with E-state index in [0.717, 1.165) is 6.07 Å². The summed E-state index contributed by atoms with van der Waals surface area (Å²) in [6.45, 7) is 4.87. The highest BCUT2D eigenvalue weighted by Gasteiger charge is 2.07. The molecule has 0 fully saturated rings. The first kappa shape index (κ1) is 14.2. The van der Waals surface area contributed by atoms with Gasteiger partial charge in [0.05, 0.1) is 0 Å². The zero-order valence-corrected chi connectivity index (χ0v) is 11.9. The second-order valence-electron chi connectivity index (χ2n) is 4.65. The van der Waals surface area contributed by atoms with Crippen LogP contribution >= 0.6 is 11.3 Å². The van der Waals surface area contributed by atoms with Gasteiger partial charge in [0.25, 0.3) is 0 Å². The zero-order valence-electron chi connectivity index (χ0n) is 11.0. The van der Waals surface area contributed by atoms with E-state index >= 15 is 0 Å². The van der Waals surface area contributed by atoms with Gasteiger partial charge in [-0.1, -0.05) is 0 Å². The van der Waals surface area contributed by atoms with E-state index < -0.39 is 11.6 Å². The Morgan fingerprint density at radius 1 is 1.16 bits per heavy atom. The van der Waals surface area contributed by atoms with Crippen LogP contribution in [0.15, 0.2) is 30.3 Å². The maximum atomic E-state index is 13.0. The molecule has 1 heterocycles. The van der Waals surface area contributed by atoms with Crippen molar-refractivity contribution in [1.29, 1.82) is 0 Å². The predicted molar refractivity (Wildman–Crippen MR) is 75.5 cm³/mol. The Morgan fingerprint density at radius 2 is 1.84 bits per heavy atom. The molecule has 1 aromatic carbocycles. The Balaban J connectivity index is 1.86. The number of rotatable bonds is 5. The van der Waals surface area contributed by atoms with E-state index in [1.807, 2.05) is 0 Å². The minimum atomic E-state index is -0.517. The Hall–Kier alpha value is -1.26. The van der Waals surface area contributed by atoms with E-state index in [2.05, 4.69) is 31.3 Å². The van der Waals surface area contributed by atoms with E-state index in [4.69, 9.17) is 0 Å². The fraction of sp³-hybridized carbons (Fsp3) is 0.333. The number of halogens is 2. The molecular formula is C15H17F2NS. The van der Waals surface area contributed by atoms with E-state index in [1.54, 1.807) is 11.3 Å². The topological polar surface area (TPSA) is 12.0 Å². The summed E-state index contributed by atoms with van der Waals surface area (Å²) in [5, 5.41) is 3.37. The molecule has 0 aliphatic carbocycles. The Morgan fingerprint density at radius 3 is 2.42 bits per heavy atom. The third-order valence-corrected chi connectivity index (χ3v) is 4.16. The van der Waals surface area contributed by atoms with Crippen molar-refractivity contribution in [2.45, 2.75) is 26.3 Å². The highest BCUT2D eigenvalue weighted by atomic mass is 32.1. The molecule has 0 amide bonds. The normalized spacial score (nSPS) is 12.6. The number of aryl methyl sites for hydroxylation is 1. The van der Waals surface area contributed by atoms with Crippen LogP contribution in [0.25, 0.3) is 0 Å². The quantitative estimate of drug-likeness (QED) is 0.865. The summed E-state index contributed by atoms with van der Waals surface area (Å²) in [4.78, 5) is 2.57. The number of benzene rings is 1. The molecule has 0 aliphatic rings. The van der Waals surface area contributed by atoms with Gasteiger partial charge in [-0.15, -0.1) is 11.3 Å². The third kappa shape index (κ3) is 4.11. The largest absolute Gasteiger partial charge is 0.309 e. The molecule has 4 heteroatoms. The summed E-state index contributed by atoms with van der Waals surface area (Å²) in [5.41, 5.74) is 0.680. The Labute approximate surface area is 116 Å². The van der Waals surface area contributed by atoms with Crippen LogP contribution in [0, 0.1) is 18.6 Å². The summed E-state index contributed by atoms with van der Waals surface area (Å²) >= 11 is 1.76. The molecule has 0 radical (unpaired) electrons. The van der Waals surface area contributed by atoms with Crippen LogP contribution < -0.4 is 5.32 Å². The zero-order chi connectivity index (χ0) is 13.8. The van der Waals surface area contributed by atoms with Gasteiger partial charge in [0, 0.05) is 21.9 Å². The summed E-state index contributed by atoms with van der Waals surface area (Å²) in [6, 6.07) is 8.13. The molecule has 0 bridgehead atoms. The molecule has 1 unspecified atom stereocenters. The van der Waals surface area contributed by atoms with Crippen LogP contribution in [0.1, 0.15) is 28.3 Å². The fourth-order valence-corrected chi connectivity index (χ4v) is 2.88. The molecular weight excluding hydrogens is 264 g/mol. The molecule has 1 N–H and O–H groups in total. The molecule has 0 aliphatic heterocycles. The molecule has 2 aromatic rings. The molecule has 0 saturated carbocycles. The minimum Gasteiger partial charge on any atom is -0.309 e. The van der Waals surface area contributed by atoms with Crippen molar-refractivity contribution < 1.29 is 8.78 Å². The Bertz CT molecular complexity index is 531. The van der Waals surface area contributed by atoms with Gasteiger partial charge >= 0.3 is 0 Å². The summed E-state index contributed by atoms with van der Waals surface area (Å²) in [7, 11) is 0. The fourth-order valence-electron chi connectivity index (χ4n) is 1.98. The standard InChI is InChI=1S/C15H17F2NS/c1-10-3-4-15(19-10)11(2)18-6-5-12-7-13(16)9-14(17)8-12/h3-4,7-9,11,18H,5-6H2,1-2H3. The van der Waals surface area contributed by atoms with Gasteiger partial charge in [-0.25, -0.2) is 8.78 Å². The summed E-state index contributed by atoms with van der Waals surface area (Å²) in [6.07, 6.45) is 0.614. The lowest BCUT2D eigenvalue weighted by atomic mass is 10.1. The van der Waals surface area contributed by atoms with Crippen molar-refractivity contribution in [3.05, 3.63) is 57.3 Å². The van der Waals surface area contributed by atoms with Crippen molar-refractivity contribution in [3.8, 4) is 0 Å². The second kappa shape index (κ2) is 6.26.